The number of nitrogens with two attached hydrogens (primary N) is 1. The van der Waals surface area contributed by atoms with Gasteiger partial charge < -0.3 is 10.6 Å². The zero-order chi connectivity index (χ0) is 11.8. The first-order valence-electron chi connectivity index (χ1n) is 6.32. The minimum absolute atomic E-state index is 0. The van der Waals surface area contributed by atoms with Gasteiger partial charge in [0.05, 0.1) is 5.54 Å². The Morgan fingerprint density at radius 1 is 1.17 bits per heavy atom. The third-order valence-corrected chi connectivity index (χ3v) is 3.50. The maximum Gasteiger partial charge on any atom is 0.242 e. The minimum atomic E-state index is -0.486. The van der Waals surface area contributed by atoms with Crippen molar-refractivity contribution in [1.29, 1.82) is 0 Å². The molecule has 1 saturated carbocycles. The third kappa shape index (κ3) is 4.26. The van der Waals surface area contributed by atoms with Gasteiger partial charge in [-0.25, -0.2) is 0 Å². The van der Waals surface area contributed by atoms with E-state index in [2.05, 4.69) is 18.7 Å². The first kappa shape index (κ1) is 18.0. The fourth-order valence-electron chi connectivity index (χ4n) is 2.31. The van der Waals surface area contributed by atoms with Crippen molar-refractivity contribution in [3.8, 4) is 0 Å². The van der Waals surface area contributed by atoms with Crippen LogP contribution in [0.15, 0.2) is 0 Å². The van der Waals surface area contributed by atoms with Gasteiger partial charge in [-0.3, -0.25) is 9.69 Å². The molecule has 1 heterocycles. The lowest BCUT2D eigenvalue weighted by Crippen LogP contribution is -2.54. The van der Waals surface area contributed by atoms with Crippen LogP contribution in [-0.4, -0.2) is 54.0 Å². The zero-order valence-electron chi connectivity index (χ0n) is 11.2. The lowest BCUT2D eigenvalue weighted by Gasteiger charge is -2.36. The molecule has 0 aromatic carbocycles. The van der Waals surface area contributed by atoms with Crippen LogP contribution in [0, 0.1) is 5.92 Å². The smallest absolute Gasteiger partial charge is 0.242 e. The highest BCUT2D eigenvalue weighted by Crippen LogP contribution is 2.34. The molecule has 1 amide bonds. The highest BCUT2D eigenvalue weighted by molar-refractivity contribution is 5.89. The Morgan fingerprint density at radius 3 is 2.06 bits per heavy atom. The monoisotopic (exact) mass is 297 g/mol. The largest absolute Gasteiger partial charge is 0.339 e. The number of rotatable bonds is 3. The fraction of sp³-hybridized carbons (Fsp3) is 0.917. The van der Waals surface area contributed by atoms with Crippen LogP contribution in [-0.2, 0) is 4.79 Å². The molecule has 0 atom stereocenters. The average Bonchev–Trinajstić information content (AvgIpc) is 2.97. The molecule has 1 saturated heterocycles. The van der Waals surface area contributed by atoms with E-state index in [9.17, 15) is 4.79 Å². The summed E-state index contributed by atoms with van der Waals surface area (Å²) in [7, 11) is 0. The predicted octanol–water partition coefficient (Wildman–Crippen LogP) is 1.12. The molecule has 0 unspecified atom stereocenters. The van der Waals surface area contributed by atoms with E-state index in [0.29, 0.717) is 5.92 Å². The average molecular weight is 298 g/mol. The van der Waals surface area contributed by atoms with Gasteiger partial charge in [0.15, 0.2) is 0 Å². The van der Waals surface area contributed by atoms with E-state index in [4.69, 9.17) is 5.73 Å². The second-order valence-electron chi connectivity index (χ2n) is 5.64. The van der Waals surface area contributed by atoms with E-state index in [0.717, 1.165) is 45.6 Å². The summed E-state index contributed by atoms with van der Waals surface area (Å²) in [5, 5.41) is 0. The van der Waals surface area contributed by atoms with Crippen LogP contribution in [0.5, 0.6) is 0 Å². The zero-order valence-corrected chi connectivity index (χ0v) is 12.9. The Bertz CT molecular complexity index is 274. The molecule has 0 spiro atoms. The lowest BCUT2D eigenvalue weighted by molar-refractivity contribution is -0.135. The summed E-state index contributed by atoms with van der Waals surface area (Å²) in [4.78, 5) is 16.4. The Balaban J connectivity index is 0.00000144. The fourth-order valence-corrected chi connectivity index (χ4v) is 2.31. The Morgan fingerprint density at radius 2 is 1.67 bits per heavy atom. The van der Waals surface area contributed by atoms with Crippen molar-refractivity contribution >= 4 is 30.7 Å². The topological polar surface area (TPSA) is 49.6 Å². The number of hydrogen-bond acceptors (Lipinski definition) is 3. The van der Waals surface area contributed by atoms with E-state index >= 15 is 0 Å². The van der Waals surface area contributed by atoms with E-state index in [1.165, 1.54) is 0 Å². The summed E-state index contributed by atoms with van der Waals surface area (Å²) in [6.07, 6.45) is 1.75. The van der Waals surface area contributed by atoms with Crippen molar-refractivity contribution in [2.45, 2.75) is 32.2 Å². The van der Waals surface area contributed by atoms with Gasteiger partial charge in [0.25, 0.3) is 0 Å². The molecule has 2 rings (SSSR count). The molecule has 18 heavy (non-hydrogen) atoms. The molecule has 108 valence electrons. The molecule has 1 aliphatic carbocycles. The van der Waals surface area contributed by atoms with Gasteiger partial charge >= 0.3 is 0 Å². The van der Waals surface area contributed by atoms with Crippen molar-refractivity contribution in [1.82, 2.24) is 9.80 Å². The number of carbonyl (C=O) groups excluding carboxylic acids is 1. The number of piperazine rings is 1. The Hall–Kier alpha value is -0.0300. The molecule has 0 aromatic rings. The van der Waals surface area contributed by atoms with Crippen LogP contribution in [0.1, 0.15) is 26.7 Å². The second kappa shape index (κ2) is 6.94. The van der Waals surface area contributed by atoms with Gasteiger partial charge in [0, 0.05) is 32.7 Å². The van der Waals surface area contributed by atoms with Crippen LogP contribution in [0.25, 0.3) is 0 Å². The second-order valence-corrected chi connectivity index (χ2v) is 5.64. The van der Waals surface area contributed by atoms with Gasteiger partial charge in [0.2, 0.25) is 5.91 Å². The van der Waals surface area contributed by atoms with Crippen molar-refractivity contribution in [3.63, 3.8) is 0 Å². The molecule has 0 aromatic heterocycles. The van der Waals surface area contributed by atoms with Gasteiger partial charge in [-0.05, 0) is 18.8 Å². The van der Waals surface area contributed by atoms with Crippen LogP contribution in [0.4, 0.5) is 0 Å². The molecule has 2 N–H and O–H groups in total. The molecule has 0 bridgehead atoms. The summed E-state index contributed by atoms with van der Waals surface area (Å²) in [6, 6.07) is 0. The van der Waals surface area contributed by atoms with Gasteiger partial charge in [-0.15, -0.1) is 24.8 Å². The van der Waals surface area contributed by atoms with Crippen LogP contribution in [0.2, 0.25) is 0 Å². The van der Waals surface area contributed by atoms with Crippen LogP contribution >= 0.6 is 24.8 Å². The number of nitrogens with zero attached hydrogens (tertiary/aromatic N) is 2. The molecular weight excluding hydrogens is 273 g/mol. The molecular formula is C12H25Cl2N3O. The Kier molecular flexibility index (Phi) is 6.93. The number of carbonyl (C=O) groups is 1. The predicted molar refractivity (Wildman–Crippen MR) is 78.5 cm³/mol. The molecule has 0 radical (unpaired) electrons. The quantitative estimate of drug-likeness (QED) is 0.849. The molecule has 2 aliphatic rings. The lowest BCUT2D eigenvalue weighted by atomic mass is 10.1. The third-order valence-electron chi connectivity index (χ3n) is 3.50. The van der Waals surface area contributed by atoms with Crippen molar-refractivity contribution in [2.75, 3.05) is 32.7 Å². The van der Waals surface area contributed by atoms with E-state index < -0.39 is 5.54 Å². The minimum Gasteiger partial charge on any atom is -0.339 e. The molecule has 4 nitrogen and oxygen atoms in total. The van der Waals surface area contributed by atoms with Crippen molar-refractivity contribution in [2.24, 2.45) is 11.7 Å². The standard InChI is InChI=1S/C12H23N3O.2ClH/c1-10(2)9-14-5-7-15(8-6-14)11(16)12(13)3-4-12;;/h10H,3-9,13H2,1-2H3;2*1H. The van der Waals surface area contributed by atoms with E-state index in [1.807, 2.05) is 4.90 Å². The van der Waals surface area contributed by atoms with Gasteiger partial charge in [-0.2, -0.15) is 0 Å². The first-order valence-corrected chi connectivity index (χ1v) is 6.32. The molecule has 1 aliphatic heterocycles. The highest BCUT2D eigenvalue weighted by Gasteiger charge is 2.48. The molecule has 2 fully saturated rings. The van der Waals surface area contributed by atoms with E-state index in [-0.39, 0.29) is 30.7 Å². The van der Waals surface area contributed by atoms with E-state index in [1.54, 1.807) is 0 Å². The molecule has 6 heteroatoms. The van der Waals surface area contributed by atoms with Crippen molar-refractivity contribution < 1.29 is 4.79 Å². The summed E-state index contributed by atoms with van der Waals surface area (Å²) in [5.41, 5.74) is 5.45. The maximum atomic E-state index is 12.0. The normalized spacial score (nSPS) is 22.1. The SMILES string of the molecule is CC(C)CN1CCN(C(=O)C2(N)CC2)CC1.Cl.Cl. The van der Waals surface area contributed by atoms with Gasteiger partial charge in [0.1, 0.15) is 0 Å². The number of amides is 1. The highest BCUT2D eigenvalue weighted by atomic mass is 35.5. The van der Waals surface area contributed by atoms with Crippen LogP contribution in [0.3, 0.4) is 0 Å². The maximum absolute atomic E-state index is 12.0. The Labute approximate surface area is 122 Å². The summed E-state index contributed by atoms with van der Waals surface area (Å²) in [6.45, 7) is 9.30. The van der Waals surface area contributed by atoms with Crippen LogP contribution < -0.4 is 5.73 Å². The summed E-state index contributed by atoms with van der Waals surface area (Å²) < 4.78 is 0. The van der Waals surface area contributed by atoms with Crippen molar-refractivity contribution in [3.05, 3.63) is 0 Å². The first-order chi connectivity index (χ1) is 7.51. The number of hydrogen-bond donors (Lipinski definition) is 1. The van der Waals surface area contributed by atoms with Gasteiger partial charge in [-0.1, -0.05) is 13.8 Å². The number of halogens is 2. The summed E-state index contributed by atoms with van der Waals surface area (Å²) >= 11 is 0. The summed E-state index contributed by atoms with van der Waals surface area (Å²) in [5.74, 6) is 0.878.